The van der Waals surface area contributed by atoms with Gasteiger partial charge in [0.15, 0.2) is 11.6 Å². The average molecular weight is 269 g/mol. The maximum absolute atomic E-state index is 13.6. The molecule has 2 N–H and O–H groups in total. The molecule has 0 aliphatic carbocycles. The second kappa shape index (κ2) is 6.52. The zero-order valence-electron chi connectivity index (χ0n) is 11.5. The van der Waals surface area contributed by atoms with Gasteiger partial charge in [-0.25, -0.2) is 4.39 Å². The number of benzene rings is 1. The summed E-state index contributed by atoms with van der Waals surface area (Å²) in [5.74, 6) is -1.06. The van der Waals surface area contributed by atoms with Crippen LogP contribution in [0, 0.1) is 5.82 Å². The van der Waals surface area contributed by atoms with Gasteiger partial charge in [0, 0.05) is 6.54 Å². The van der Waals surface area contributed by atoms with Crippen LogP contribution in [-0.2, 0) is 11.2 Å². The van der Waals surface area contributed by atoms with Gasteiger partial charge in [-0.2, -0.15) is 0 Å². The van der Waals surface area contributed by atoms with Gasteiger partial charge in [-0.3, -0.25) is 4.79 Å². The summed E-state index contributed by atoms with van der Waals surface area (Å²) < 4.78 is 18.7. The molecular weight excluding hydrogens is 249 g/mol. The van der Waals surface area contributed by atoms with Crippen LogP contribution in [0.4, 0.5) is 4.39 Å². The summed E-state index contributed by atoms with van der Waals surface area (Å²) in [6.45, 7) is 5.87. The maximum atomic E-state index is 13.6. The minimum atomic E-state index is -0.982. The van der Waals surface area contributed by atoms with Crippen LogP contribution in [-0.4, -0.2) is 29.8 Å². The SMILES string of the molecule is CCOc1ccc(CCNC(C)(C)C(=O)O)cc1F. The normalized spacial score (nSPS) is 11.4. The minimum Gasteiger partial charge on any atom is -0.491 e. The Kier molecular flexibility index (Phi) is 5.30. The zero-order chi connectivity index (χ0) is 14.5. The first-order chi connectivity index (χ1) is 8.86. The summed E-state index contributed by atoms with van der Waals surface area (Å²) in [5, 5.41) is 11.9. The van der Waals surface area contributed by atoms with Crippen LogP contribution in [0.5, 0.6) is 5.75 Å². The van der Waals surface area contributed by atoms with Gasteiger partial charge >= 0.3 is 5.97 Å². The van der Waals surface area contributed by atoms with E-state index in [0.717, 1.165) is 5.56 Å². The van der Waals surface area contributed by atoms with E-state index in [1.165, 1.54) is 6.07 Å². The molecule has 4 nitrogen and oxygen atoms in total. The molecule has 0 unspecified atom stereocenters. The number of carboxylic acids is 1. The van der Waals surface area contributed by atoms with Gasteiger partial charge in [0.05, 0.1) is 6.61 Å². The molecule has 0 bridgehead atoms. The third-order valence-corrected chi connectivity index (χ3v) is 2.81. The highest BCUT2D eigenvalue weighted by Crippen LogP contribution is 2.18. The molecule has 1 aromatic rings. The van der Waals surface area contributed by atoms with Gasteiger partial charge in [-0.1, -0.05) is 6.07 Å². The molecule has 0 saturated carbocycles. The van der Waals surface area contributed by atoms with Crippen LogP contribution in [0.2, 0.25) is 0 Å². The van der Waals surface area contributed by atoms with Crippen LogP contribution < -0.4 is 10.1 Å². The fourth-order valence-corrected chi connectivity index (χ4v) is 1.57. The molecule has 19 heavy (non-hydrogen) atoms. The van der Waals surface area contributed by atoms with E-state index in [-0.39, 0.29) is 5.75 Å². The van der Waals surface area contributed by atoms with Crippen LogP contribution in [0.25, 0.3) is 0 Å². The summed E-state index contributed by atoms with van der Waals surface area (Å²) in [4.78, 5) is 10.9. The second-order valence-electron chi connectivity index (χ2n) is 4.80. The average Bonchev–Trinajstić information content (AvgIpc) is 2.32. The Labute approximate surface area is 112 Å². The Hall–Kier alpha value is -1.62. The molecule has 5 heteroatoms. The summed E-state index contributed by atoms with van der Waals surface area (Å²) >= 11 is 0. The summed E-state index contributed by atoms with van der Waals surface area (Å²) in [6, 6.07) is 4.79. The van der Waals surface area contributed by atoms with Crippen molar-refractivity contribution in [1.29, 1.82) is 0 Å². The lowest BCUT2D eigenvalue weighted by Gasteiger charge is -2.20. The van der Waals surface area contributed by atoms with Crippen molar-refractivity contribution in [2.75, 3.05) is 13.2 Å². The van der Waals surface area contributed by atoms with Crippen molar-refractivity contribution in [1.82, 2.24) is 5.32 Å². The van der Waals surface area contributed by atoms with Crippen LogP contribution in [0.1, 0.15) is 26.3 Å². The standard InChI is InChI=1S/C14H20FNO3/c1-4-19-12-6-5-10(9-11(12)15)7-8-16-14(2,3)13(17)18/h5-6,9,16H,4,7-8H2,1-3H3,(H,17,18). The molecule has 0 aliphatic rings. The fourth-order valence-electron chi connectivity index (χ4n) is 1.57. The molecule has 1 rings (SSSR count). The largest absolute Gasteiger partial charge is 0.491 e. The highest BCUT2D eigenvalue weighted by atomic mass is 19.1. The van der Waals surface area contributed by atoms with Gasteiger partial charge in [-0.15, -0.1) is 0 Å². The summed E-state index contributed by atoms with van der Waals surface area (Å²) in [5.41, 5.74) is -0.182. The van der Waals surface area contributed by atoms with Crippen LogP contribution in [0.15, 0.2) is 18.2 Å². The van der Waals surface area contributed by atoms with Crippen molar-refractivity contribution in [3.8, 4) is 5.75 Å². The van der Waals surface area contributed by atoms with Crippen molar-refractivity contribution in [2.45, 2.75) is 32.7 Å². The molecule has 0 atom stereocenters. The van der Waals surface area contributed by atoms with Crippen molar-refractivity contribution in [3.63, 3.8) is 0 Å². The maximum Gasteiger partial charge on any atom is 0.323 e. The quantitative estimate of drug-likeness (QED) is 0.797. The second-order valence-corrected chi connectivity index (χ2v) is 4.80. The molecule has 1 aromatic carbocycles. The summed E-state index contributed by atoms with van der Waals surface area (Å²) in [7, 11) is 0. The molecule has 0 amide bonds. The lowest BCUT2D eigenvalue weighted by molar-refractivity contribution is -0.143. The van der Waals surface area contributed by atoms with Gasteiger partial charge in [0.2, 0.25) is 0 Å². The topological polar surface area (TPSA) is 58.6 Å². The Balaban J connectivity index is 2.55. The molecule has 0 aliphatic heterocycles. The van der Waals surface area contributed by atoms with Crippen molar-refractivity contribution >= 4 is 5.97 Å². The highest BCUT2D eigenvalue weighted by molar-refractivity contribution is 5.77. The molecule has 0 aromatic heterocycles. The monoisotopic (exact) mass is 269 g/mol. The highest BCUT2D eigenvalue weighted by Gasteiger charge is 2.25. The van der Waals surface area contributed by atoms with Crippen molar-refractivity contribution in [2.24, 2.45) is 0 Å². The summed E-state index contributed by atoms with van der Waals surface area (Å²) in [6.07, 6.45) is 0.556. The van der Waals surface area contributed by atoms with E-state index in [1.54, 1.807) is 32.9 Å². The first-order valence-corrected chi connectivity index (χ1v) is 6.26. The smallest absolute Gasteiger partial charge is 0.323 e. The first kappa shape index (κ1) is 15.4. The molecule has 0 spiro atoms. The van der Waals surface area contributed by atoms with E-state index in [2.05, 4.69) is 5.32 Å². The van der Waals surface area contributed by atoms with Gasteiger partial charge in [-0.05, 0) is 44.9 Å². The number of hydrogen-bond acceptors (Lipinski definition) is 3. The Morgan fingerprint density at radius 2 is 2.16 bits per heavy atom. The molecular formula is C14H20FNO3. The first-order valence-electron chi connectivity index (χ1n) is 6.26. The molecule has 0 saturated heterocycles. The fraction of sp³-hybridized carbons (Fsp3) is 0.500. The van der Waals surface area contributed by atoms with Gasteiger partial charge in [0.1, 0.15) is 5.54 Å². The van der Waals surface area contributed by atoms with Gasteiger partial charge in [0.25, 0.3) is 0 Å². The van der Waals surface area contributed by atoms with Crippen molar-refractivity contribution < 1.29 is 19.0 Å². The predicted molar refractivity (Wildman–Crippen MR) is 71.0 cm³/mol. The molecule has 0 fully saturated rings. The van der Waals surface area contributed by atoms with E-state index in [4.69, 9.17) is 9.84 Å². The van der Waals surface area contributed by atoms with E-state index >= 15 is 0 Å². The number of aliphatic carboxylic acids is 1. The Morgan fingerprint density at radius 1 is 1.47 bits per heavy atom. The number of ether oxygens (including phenoxy) is 1. The van der Waals surface area contributed by atoms with E-state index in [9.17, 15) is 9.18 Å². The molecule has 106 valence electrons. The van der Waals surface area contributed by atoms with Crippen molar-refractivity contribution in [3.05, 3.63) is 29.6 Å². The Morgan fingerprint density at radius 3 is 2.68 bits per heavy atom. The third-order valence-electron chi connectivity index (χ3n) is 2.81. The minimum absolute atomic E-state index is 0.241. The molecule has 0 heterocycles. The number of carboxylic acid groups (broad SMARTS) is 1. The van der Waals surface area contributed by atoms with E-state index < -0.39 is 17.3 Å². The molecule has 0 radical (unpaired) electrons. The lowest BCUT2D eigenvalue weighted by Crippen LogP contribution is -2.47. The number of nitrogens with one attached hydrogen (secondary N) is 1. The van der Waals surface area contributed by atoms with E-state index in [0.29, 0.717) is 19.6 Å². The number of rotatable bonds is 7. The van der Waals surface area contributed by atoms with Crippen LogP contribution >= 0.6 is 0 Å². The lowest BCUT2D eigenvalue weighted by atomic mass is 10.1. The van der Waals surface area contributed by atoms with E-state index in [1.807, 2.05) is 0 Å². The zero-order valence-corrected chi connectivity index (χ0v) is 11.5. The number of halogens is 1. The Bertz CT molecular complexity index is 446. The van der Waals surface area contributed by atoms with Crippen LogP contribution in [0.3, 0.4) is 0 Å². The predicted octanol–water partition coefficient (Wildman–Crippen LogP) is 2.22. The van der Waals surface area contributed by atoms with Gasteiger partial charge < -0.3 is 15.2 Å². The third kappa shape index (κ3) is 4.52. The number of carbonyl (C=O) groups is 1. The number of hydrogen-bond donors (Lipinski definition) is 2.